The minimum absolute atomic E-state index is 0.211. The molecule has 1 heterocycles. The SMILES string of the molecule is Cc1c(N[C@@H](c2nnc(-c3ccc(F)cc3)o2)[C@@H](C)O)ccc(C#N)c1I. The molecule has 0 saturated heterocycles. The molecule has 0 aliphatic carbocycles. The van der Waals surface area contributed by atoms with Crippen molar-refractivity contribution >= 4 is 28.3 Å². The van der Waals surface area contributed by atoms with Crippen molar-refractivity contribution < 1.29 is 13.9 Å². The number of nitrogens with one attached hydrogen (secondary N) is 1. The van der Waals surface area contributed by atoms with Crippen molar-refractivity contribution in [3.8, 4) is 17.5 Å². The Morgan fingerprint density at radius 3 is 2.56 bits per heavy atom. The second-order valence-electron chi connectivity index (χ2n) is 6.03. The summed E-state index contributed by atoms with van der Waals surface area (Å²) < 4.78 is 19.6. The van der Waals surface area contributed by atoms with Crippen LogP contribution in [0.3, 0.4) is 0 Å². The third kappa shape index (κ3) is 4.09. The Bertz CT molecular complexity index is 996. The lowest BCUT2D eigenvalue weighted by atomic mass is 10.1. The van der Waals surface area contributed by atoms with Gasteiger partial charge in [0, 0.05) is 14.8 Å². The van der Waals surface area contributed by atoms with Crippen molar-refractivity contribution in [2.24, 2.45) is 0 Å². The Balaban J connectivity index is 1.90. The fraction of sp³-hybridized carbons (Fsp3) is 0.211. The lowest BCUT2D eigenvalue weighted by Crippen LogP contribution is -2.23. The molecule has 0 spiro atoms. The van der Waals surface area contributed by atoms with Crippen LogP contribution in [0.5, 0.6) is 0 Å². The molecule has 3 rings (SSSR count). The molecule has 8 heteroatoms. The van der Waals surface area contributed by atoms with E-state index >= 15 is 0 Å². The van der Waals surface area contributed by atoms with Crippen LogP contribution in [0.15, 0.2) is 40.8 Å². The summed E-state index contributed by atoms with van der Waals surface area (Å²) in [5.74, 6) is 0.0968. The Morgan fingerprint density at radius 1 is 1.22 bits per heavy atom. The summed E-state index contributed by atoms with van der Waals surface area (Å²) in [6.45, 7) is 3.51. The van der Waals surface area contributed by atoms with Gasteiger partial charge in [-0.25, -0.2) is 4.39 Å². The fourth-order valence-electron chi connectivity index (χ4n) is 2.55. The first-order valence-electron chi connectivity index (χ1n) is 8.14. The number of hydrogen-bond acceptors (Lipinski definition) is 6. The number of rotatable bonds is 5. The van der Waals surface area contributed by atoms with E-state index in [0.717, 1.165) is 14.8 Å². The number of aromatic nitrogens is 2. The summed E-state index contributed by atoms with van der Waals surface area (Å²) >= 11 is 2.12. The summed E-state index contributed by atoms with van der Waals surface area (Å²) in [6, 6.07) is 10.7. The number of benzene rings is 2. The van der Waals surface area contributed by atoms with E-state index in [2.05, 4.69) is 44.2 Å². The van der Waals surface area contributed by atoms with Crippen molar-refractivity contribution in [3.05, 3.63) is 62.8 Å². The van der Waals surface area contributed by atoms with Gasteiger partial charge in [-0.15, -0.1) is 10.2 Å². The van der Waals surface area contributed by atoms with E-state index in [1.165, 1.54) is 12.1 Å². The molecule has 0 radical (unpaired) electrons. The third-order valence-electron chi connectivity index (χ3n) is 4.10. The van der Waals surface area contributed by atoms with Gasteiger partial charge in [0.15, 0.2) is 0 Å². The number of anilines is 1. The van der Waals surface area contributed by atoms with Gasteiger partial charge in [0.25, 0.3) is 0 Å². The molecule has 138 valence electrons. The molecule has 0 fully saturated rings. The fourth-order valence-corrected chi connectivity index (χ4v) is 3.14. The summed E-state index contributed by atoms with van der Waals surface area (Å²) in [6.07, 6.45) is -0.820. The van der Waals surface area contributed by atoms with Crippen LogP contribution in [0.1, 0.15) is 30.0 Å². The molecule has 1 aromatic heterocycles. The molecule has 2 N–H and O–H groups in total. The van der Waals surface area contributed by atoms with E-state index in [1.807, 2.05) is 6.92 Å². The Morgan fingerprint density at radius 2 is 1.93 bits per heavy atom. The first-order valence-corrected chi connectivity index (χ1v) is 9.21. The number of halogens is 2. The topological polar surface area (TPSA) is 95.0 Å². The van der Waals surface area contributed by atoms with Crippen LogP contribution in [-0.4, -0.2) is 21.4 Å². The highest BCUT2D eigenvalue weighted by atomic mass is 127. The summed E-state index contributed by atoms with van der Waals surface area (Å²) in [5, 5.41) is 30.6. The van der Waals surface area contributed by atoms with E-state index in [9.17, 15) is 9.50 Å². The Hall–Kier alpha value is -2.51. The minimum Gasteiger partial charge on any atom is -0.418 e. The van der Waals surface area contributed by atoms with E-state index in [0.29, 0.717) is 11.1 Å². The van der Waals surface area contributed by atoms with E-state index in [-0.39, 0.29) is 17.6 Å². The highest BCUT2D eigenvalue weighted by Gasteiger charge is 2.25. The summed E-state index contributed by atoms with van der Waals surface area (Å²) in [4.78, 5) is 0. The zero-order valence-corrected chi connectivity index (χ0v) is 16.7. The maximum absolute atomic E-state index is 13.1. The van der Waals surface area contributed by atoms with Crippen LogP contribution < -0.4 is 5.32 Å². The molecule has 27 heavy (non-hydrogen) atoms. The predicted octanol–water partition coefficient (Wildman–Crippen LogP) is 4.19. The average molecular weight is 478 g/mol. The molecular weight excluding hydrogens is 462 g/mol. The molecule has 2 atom stereocenters. The Kier molecular flexibility index (Phi) is 5.72. The van der Waals surface area contributed by atoms with Gasteiger partial charge in [-0.3, -0.25) is 0 Å². The first-order chi connectivity index (χ1) is 12.9. The first kappa shape index (κ1) is 19.3. The lowest BCUT2D eigenvalue weighted by Gasteiger charge is -2.21. The molecule has 0 aliphatic heterocycles. The van der Waals surface area contributed by atoms with E-state index in [1.54, 1.807) is 31.2 Å². The maximum atomic E-state index is 13.1. The summed E-state index contributed by atoms with van der Waals surface area (Å²) in [5.41, 5.74) is 2.82. The van der Waals surface area contributed by atoms with Crippen molar-refractivity contribution in [3.63, 3.8) is 0 Å². The van der Waals surface area contributed by atoms with E-state index < -0.39 is 12.1 Å². The van der Waals surface area contributed by atoms with Crippen LogP contribution in [-0.2, 0) is 0 Å². The molecule has 6 nitrogen and oxygen atoms in total. The molecule has 0 bridgehead atoms. The van der Waals surface area contributed by atoms with Gasteiger partial charge in [0.05, 0.1) is 11.7 Å². The molecule has 3 aromatic rings. The molecule has 0 aliphatic rings. The maximum Gasteiger partial charge on any atom is 0.247 e. The van der Waals surface area contributed by atoms with E-state index in [4.69, 9.17) is 9.68 Å². The monoisotopic (exact) mass is 478 g/mol. The van der Waals surface area contributed by atoms with Crippen LogP contribution in [0.4, 0.5) is 10.1 Å². The quantitative estimate of drug-likeness (QED) is 0.534. The van der Waals surface area contributed by atoms with Gasteiger partial charge >= 0.3 is 0 Å². The van der Waals surface area contributed by atoms with Gasteiger partial charge in [-0.1, -0.05) is 0 Å². The van der Waals surface area contributed by atoms with Crippen LogP contribution in [0.25, 0.3) is 11.5 Å². The van der Waals surface area contributed by atoms with Crippen molar-refractivity contribution in [1.29, 1.82) is 5.26 Å². The van der Waals surface area contributed by atoms with Gasteiger partial charge in [0.1, 0.15) is 17.9 Å². The average Bonchev–Trinajstić information content (AvgIpc) is 3.13. The standard InChI is InChI=1S/C19H16FIN4O2/c1-10-15(8-5-13(9-22)16(10)21)23-17(11(2)26)19-25-24-18(27-19)12-3-6-14(20)7-4-12/h3-8,11,17,23,26H,1-2H3/t11-,17-/m1/s1. The molecule has 0 unspecified atom stereocenters. The molecule has 0 saturated carbocycles. The van der Waals surface area contributed by atoms with Crippen molar-refractivity contribution in [2.75, 3.05) is 5.32 Å². The molecular formula is C19H16FIN4O2. The van der Waals surface area contributed by atoms with Crippen LogP contribution in [0, 0.1) is 27.6 Å². The zero-order valence-electron chi connectivity index (χ0n) is 14.6. The number of aliphatic hydroxyl groups excluding tert-OH is 1. The number of aliphatic hydroxyl groups is 1. The second-order valence-corrected chi connectivity index (χ2v) is 7.11. The van der Waals surface area contributed by atoms with Crippen LogP contribution in [0.2, 0.25) is 0 Å². The largest absolute Gasteiger partial charge is 0.418 e. The number of nitrogens with zero attached hydrogens (tertiary/aromatic N) is 3. The summed E-state index contributed by atoms with van der Waals surface area (Å²) in [7, 11) is 0. The molecule has 2 aromatic carbocycles. The second kappa shape index (κ2) is 8.02. The Labute approximate surface area is 169 Å². The third-order valence-corrected chi connectivity index (χ3v) is 5.49. The highest BCUT2D eigenvalue weighted by molar-refractivity contribution is 14.1. The predicted molar refractivity (Wildman–Crippen MR) is 106 cm³/mol. The number of hydrogen-bond donors (Lipinski definition) is 2. The van der Waals surface area contributed by atoms with Gasteiger partial charge in [-0.05, 0) is 78.4 Å². The van der Waals surface area contributed by atoms with Crippen molar-refractivity contribution in [1.82, 2.24) is 10.2 Å². The van der Waals surface area contributed by atoms with Gasteiger partial charge < -0.3 is 14.8 Å². The zero-order chi connectivity index (χ0) is 19.6. The van der Waals surface area contributed by atoms with Gasteiger partial charge in [0.2, 0.25) is 11.8 Å². The highest BCUT2D eigenvalue weighted by Crippen LogP contribution is 2.30. The minimum atomic E-state index is -0.820. The smallest absolute Gasteiger partial charge is 0.247 e. The lowest BCUT2D eigenvalue weighted by molar-refractivity contribution is 0.159. The molecule has 0 amide bonds. The van der Waals surface area contributed by atoms with Crippen LogP contribution >= 0.6 is 22.6 Å². The van der Waals surface area contributed by atoms with Crippen molar-refractivity contribution in [2.45, 2.75) is 26.0 Å². The van der Waals surface area contributed by atoms with Gasteiger partial charge in [-0.2, -0.15) is 5.26 Å². The normalized spacial score (nSPS) is 13.0. The number of nitriles is 1.